The van der Waals surface area contributed by atoms with Gasteiger partial charge in [-0.1, -0.05) is 0 Å². The van der Waals surface area contributed by atoms with Crippen molar-refractivity contribution >= 4 is 29.3 Å². The summed E-state index contributed by atoms with van der Waals surface area (Å²) in [5.41, 5.74) is 0. The van der Waals surface area contributed by atoms with E-state index in [1.165, 1.54) is 0 Å². The minimum Gasteiger partial charge on any atom is -0.394 e. The first-order valence-electron chi connectivity index (χ1n) is 2.70. The molecule has 0 spiro atoms. The molecule has 0 aliphatic carbocycles. The van der Waals surface area contributed by atoms with E-state index in [0.29, 0.717) is 19.8 Å². The van der Waals surface area contributed by atoms with E-state index in [1.54, 1.807) is 0 Å². The van der Waals surface area contributed by atoms with E-state index in [0.717, 1.165) is 0 Å². The maximum absolute atomic E-state index is 8.26. The van der Waals surface area contributed by atoms with Gasteiger partial charge in [-0.05, 0) is 22.5 Å². The molecule has 0 atom stereocenters. The van der Waals surface area contributed by atoms with Gasteiger partial charge in [-0.25, -0.2) is 0 Å². The quantitative estimate of drug-likeness (QED) is 0.532. The van der Waals surface area contributed by atoms with Crippen LogP contribution >= 0.6 is 29.3 Å². The zero-order valence-corrected chi connectivity index (χ0v) is 7.70. The van der Waals surface area contributed by atoms with Crippen LogP contribution in [0.1, 0.15) is 0 Å². The van der Waals surface area contributed by atoms with E-state index in [4.69, 9.17) is 36.8 Å². The van der Waals surface area contributed by atoms with Crippen molar-refractivity contribution in [2.24, 2.45) is 0 Å². The van der Waals surface area contributed by atoms with Gasteiger partial charge in [-0.15, -0.1) is 0 Å². The van der Waals surface area contributed by atoms with E-state index >= 15 is 0 Å². The molecule has 0 rings (SSSR count). The van der Waals surface area contributed by atoms with Crippen LogP contribution in [0.15, 0.2) is 0 Å². The smallest absolute Gasteiger partial charge is 0.225 e. The molecule has 0 aromatic heterocycles. The third kappa shape index (κ3) is 8.89. The van der Waals surface area contributed by atoms with Crippen LogP contribution in [0.25, 0.3) is 0 Å². The van der Waals surface area contributed by atoms with Gasteiger partial charge in [0.1, 0.15) is 0 Å². The van der Waals surface area contributed by atoms with Gasteiger partial charge >= 0.3 is 0 Å². The first kappa shape index (κ1) is 10.9. The Bertz CT molecular complexity index is 73.5. The fourth-order valence-electron chi connectivity index (χ4n) is 0.332. The Morgan fingerprint density at radius 3 is 2.40 bits per heavy atom. The zero-order chi connectivity index (χ0) is 7.82. The molecule has 3 nitrogen and oxygen atoms in total. The highest BCUT2D eigenvalue weighted by atomic mass is 35.9. The molecule has 6 heteroatoms. The number of rotatable bonds is 6. The van der Waals surface area contributed by atoms with Gasteiger partial charge in [-0.3, -0.25) is 0 Å². The molecule has 0 aliphatic rings. The Kier molecular flexibility index (Phi) is 8.70. The van der Waals surface area contributed by atoms with Gasteiger partial charge in [0.15, 0.2) is 0 Å². The Hall–Kier alpha value is 0.890. The largest absolute Gasteiger partial charge is 0.394 e. The lowest BCUT2D eigenvalue weighted by Crippen LogP contribution is -2.04. The lowest BCUT2D eigenvalue weighted by Gasteiger charge is -2.02. The van der Waals surface area contributed by atoms with Gasteiger partial charge in [-0.2, -0.15) is 0 Å². The fourth-order valence-corrected chi connectivity index (χ4v) is 0.958. The molecule has 0 amide bonds. The normalized spacial score (nSPS) is 10.8. The molecule has 0 aliphatic heterocycles. The molecule has 0 unspecified atom stereocenters. The molecular formula is C4H9Cl2O3P. The van der Waals surface area contributed by atoms with Crippen molar-refractivity contribution < 1.29 is 14.4 Å². The van der Waals surface area contributed by atoms with Crippen LogP contribution in [0.3, 0.4) is 0 Å². The van der Waals surface area contributed by atoms with Crippen molar-refractivity contribution in [1.82, 2.24) is 0 Å². The van der Waals surface area contributed by atoms with Crippen LogP contribution in [0.5, 0.6) is 0 Å². The van der Waals surface area contributed by atoms with Gasteiger partial charge in [0.2, 0.25) is 6.85 Å². The van der Waals surface area contributed by atoms with Crippen molar-refractivity contribution in [3.63, 3.8) is 0 Å². The van der Waals surface area contributed by atoms with E-state index in [2.05, 4.69) is 0 Å². The maximum Gasteiger partial charge on any atom is 0.225 e. The van der Waals surface area contributed by atoms with Crippen molar-refractivity contribution in [1.29, 1.82) is 0 Å². The molecule has 0 aromatic carbocycles. The third-order valence-corrected chi connectivity index (χ3v) is 1.62. The molecule has 10 heavy (non-hydrogen) atoms. The van der Waals surface area contributed by atoms with E-state index in [-0.39, 0.29) is 6.61 Å². The summed E-state index contributed by atoms with van der Waals surface area (Å²) in [6.45, 7) is -0.181. The molecule has 0 radical (unpaired) electrons. The highest BCUT2D eigenvalue weighted by molar-refractivity contribution is 8.00. The molecule has 0 saturated carbocycles. The molecule has 0 fully saturated rings. The number of aliphatic hydroxyl groups is 1. The summed E-state index contributed by atoms with van der Waals surface area (Å²) in [7, 11) is 0. The average Bonchev–Trinajstić information content (AvgIpc) is 1.87. The van der Waals surface area contributed by atoms with Crippen molar-refractivity contribution in [3.05, 3.63) is 0 Å². The summed E-state index contributed by atoms with van der Waals surface area (Å²) in [6.07, 6.45) is 0. The van der Waals surface area contributed by atoms with E-state index in [1.807, 2.05) is 0 Å². The summed E-state index contributed by atoms with van der Waals surface area (Å²) >= 11 is 10.6. The predicted octanol–water partition coefficient (Wildman–Crippen LogP) is 1.72. The number of ether oxygens (including phenoxy) is 1. The number of hydrogen-bond donors (Lipinski definition) is 1. The minimum atomic E-state index is -1.32. The van der Waals surface area contributed by atoms with Crippen LogP contribution < -0.4 is 0 Å². The maximum atomic E-state index is 8.26. The molecule has 0 bridgehead atoms. The average molecular weight is 207 g/mol. The Labute approximate surface area is 70.6 Å². The van der Waals surface area contributed by atoms with Crippen molar-refractivity contribution in [2.45, 2.75) is 0 Å². The SMILES string of the molecule is OCCOCCOP(Cl)Cl. The number of hydrogen-bond acceptors (Lipinski definition) is 3. The predicted molar refractivity (Wildman–Crippen MR) is 42.5 cm³/mol. The Morgan fingerprint density at radius 2 is 1.90 bits per heavy atom. The topological polar surface area (TPSA) is 38.7 Å². The van der Waals surface area contributed by atoms with Gasteiger partial charge in [0.05, 0.1) is 26.4 Å². The third-order valence-electron chi connectivity index (χ3n) is 0.652. The zero-order valence-electron chi connectivity index (χ0n) is 5.30. The second-order valence-electron chi connectivity index (χ2n) is 1.37. The van der Waals surface area contributed by atoms with Crippen LogP contribution in [-0.4, -0.2) is 31.5 Å². The number of aliphatic hydroxyl groups excluding tert-OH is 1. The standard InChI is InChI=1S/C4H9Cl2O3P/c5-10(6)9-4-3-8-2-1-7/h7H,1-4H2. The Morgan fingerprint density at radius 1 is 1.20 bits per heavy atom. The lowest BCUT2D eigenvalue weighted by atomic mass is 10.7. The fraction of sp³-hybridized carbons (Fsp3) is 1.00. The van der Waals surface area contributed by atoms with Crippen molar-refractivity contribution in [2.75, 3.05) is 26.4 Å². The highest BCUT2D eigenvalue weighted by Crippen LogP contribution is 2.47. The van der Waals surface area contributed by atoms with E-state index < -0.39 is 6.85 Å². The van der Waals surface area contributed by atoms with Crippen LogP contribution in [0.4, 0.5) is 0 Å². The number of halogens is 2. The second-order valence-corrected chi connectivity index (χ2v) is 4.39. The molecule has 62 valence electrons. The van der Waals surface area contributed by atoms with Crippen LogP contribution in [0, 0.1) is 0 Å². The molecular weight excluding hydrogens is 198 g/mol. The van der Waals surface area contributed by atoms with Crippen molar-refractivity contribution in [3.8, 4) is 0 Å². The first-order chi connectivity index (χ1) is 4.77. The lowest BCUT2D eigenvalue weighted by molar-refractivity contribution is 0.0740. The molecule has 0 aromatic rings. The van der Waals surface area contributed by atoms with Crippen LogP contribution in [0.2, 0.25) is 0 Å². The second kappa shape index (κ2) is 7.99. The molecule has 0 saturated heterocycles. The first-order valence-corrected chi connectivity index (χ1v) is 5.77. The summed E-state index contributed by atoms with van der Waals surface area (Å²) in [6, 6.07) is 0. The molecule has 1 N–H and O–H groups in total. The monoisotopic (exact) mass is 206 g/mol. The van der Waals surface area contributed by atoms with Gasteiger partial charge in [0.25, 0.3) is 0 Å². The summed E-state index contributed by atoms with van der Waals surface area (Å²) in [5.74, 6) is 0. The molecule has 0 heterocycles. The summed E-state index contributed by atoms with van der Waals surface area (Å²) in [5, 5.41) is 8.26. The van der Waals surface area contributed by atoms with Gasteiger partial charge < -0.3 is 14.4 Å². The van der Waals surface area contributed by atoms with Gasteiger partial charge in [0, 0.05) is 0 Å². The minimum absolute atomic E-state index is 0.0243. The van der Waals surface area contributed by atoms with E-state index in [9.17, 15) is 0 Å². The van der Waals surface area contributed by atoms with Crippen LogP contribution in [-0.2, 0) is 9.26 Å². The summed E-state index contributed by atoms with van der Waals surface area (Å²) < 4.78 is 9.63. The summed E-state index contributed by atoms with van der Waals surface area (Å²) in [4.78, 5) is 0. The highest BCUT2D eigenvalue weighted by Gasteiger charge is 1.97. The Balaban J connectivity index is 2.77.